The zero-order valence-corrected chi connectivity index (χ0v) is 12.6. The Balaban J connectivity index is 2.38. The molecule has 0 aliphatic heterocycles. The number of halogens is 1. The second kappa shape index (κ2) is 5.88. The number of nitrogens with zero attached hydrogens (tertiary/aromatic N) is 3. The van der Waals surface area contributed by atoms with E-state index in [1.165, 1.54) is 0 Å². The highest BCUT2D eigenvalue weighted by Gasteiger charge is 2.16. The maximum Gasteiger partial charge on any atom is 0.160 e. The highest BCUT2D eigenvalue weighted by molar-refractivity contribution is 6.20. The van der Waals surface area contributed by atoms with Crippen molar-refractivity contribution in [1.29, 1.82) is 0 Å². The summed E-state index contributed by atoms with van der Waals surface area (Å²) in [7, 11) is 0. The molecule has 0 saturated heterocycles. The number of hydrogen-bond donors (Lipinski definition) is 0. The Hall–Kier alpha value is -1.13. The first kappa shape index (κ1) is 14.3. The van der Waals surface area contributed by atoms with Crippen molar-refractivity contribution in [2.75, 3.05) is 6.61 Å². The lowest BCUT2D eigenvalue weighted by molar-refractivity contribution is 0.0728. The van der Waals surface area contributed by atoms with Crippen LogP contribution in [-0.4, -0.2) is 27.2 Å². The summed E-state index contributed by atoms with van der Waals surface area (Å²) >= 11 is 6.22. The highest BCUT2D eigenvalue weighted by atomic mass is 35.5. The van der Waals surface area contributed by atoms with E-state index >= 15 is 0 Å². The quantitative estimate of drug-likeness (QED) is 0.788. The van der Waals surface area contributed by atoms with Crippen LogP contribution in [0.25, 0.3) is 11.2 Å². The van der Waals surface area contributed by atoms with E-state index in [4.69, 9.17) is 16.3 Å². The van der Waals surface area contributed by atoms with Gasteiger partial charge in [0.1, 0.15) is 11.3 Å². The minimum absolute atomic E-state index is 0.146. The summed E-state index contributed by atoms with van der Waals surface area (Å²) in [6.07, 6.45) is 2.03. The van der Waals surface area contributed by atoms with Gasteiger partial charge in [-0.2, -0.15) is 0 Å². The van der Waals surface area contributed by atoms with Crippen molar-refractivity contribution in [2.45, 2.75) is 45.7 Å². The molecule has 2 aromatic rings. The number of imidazole rings is 1. The Bertz CT molecular complexity index is 563. The van der Waals surface area contributed by atoms with E-state index < -0.39 is 0 Å². The lowest BCUT2D eigenvalue weighted by atomic mass is 10.3. The van der Waals surface area contributed by atoms with Gasteiger partial charge in [-0.05, 0) is 39.3 Å². The van der Waals surface area contributed by atoms with E-state index in [0.717, 1.165) is 29.1 Å². The van der Waals surface area contributed by atoms with Crippen molar-refractivity contribution in [3.8, 4) is 0 Å². The predicted octanol–water partition coefficient (Wildman–Crippen LogP) is 3.46. The van der Waals surface area contributed by atoms with E-state index in [-0.39, 0.29) is 11.5 Å². The van der Waals surface area contributed by atoms with Gasteiger partial charge in [-0.15, -0.1) is 11.6 Å². The van der Waals surface area contributed by atoms with Gasteiger partial charge in [0.2, 0.25) is 0 Å². The van der Waals surface area contributed by atoms with Gasteiger partial charge in [0, 0.05) is 12.7 Å². The number of aryl methyl sites for hydroxylation is 1. The first-order valence-corrected chi connectivity index (χ1v) is 7.01. The standard InChI is InChI=1S/C14H20ClN3O/c1-9(2)19-8-7-18-13(11(4)15)17-12-10(3)5-6-16-14(12)18/h5-6,9,11H,7-8H2,1-4H3. The molecule has 1 unspecified atom stereocenters. The van der Waals surface area contributed by atoms with Gasteiger partial charge in [0.05, 0.1) is 18.1 Å². The van der Waals surface area contributed by atoms with Gasteiger partial charge in [-0.1, -0.05) is 0 Å². The summed E-state index contributed by atoms with van der Waals surface area (Å²) in [4.78, 5) is 9.05. The molecular weight excluding hydrogens is 262 g/mol. The minimum Gasteiger partial charge on any atom is -0.377 e. The van der Waals surface area contributed by atoms with Crippen molar-refractivity contribution in [2.24, 2.45) is 0 Å². The van der Waals surface area contributed by atoms with E-state index in [0.29, 0.717) is 6.61 Å². The van der Waals surface area contributed by atoms with Crippen LogP contribution >= 0.6 is 11.6 Å². The Morgan fingerprint density at radius 2 is 2.11 bits per heavy atom. The average molecular weight is 282 g/mol. The Labute approximate surface area is 118 Å². The zero-order chi connectivity index (χ0) is 14.0. The fourth-order valence-corrected chi connectivity index (χ4v) is 2.23. The van der Waals surface area contributed by atoms with Crippen LogP contribution in [0.4, 0.5) is 0 Å². The van der Waals surface area contributed by atoms with Crippen LogP contribution < -0.4 is 0 Å². The molecule has 1 atom stereocenters. The second-order valence-electron chi connectivity index (χ2n) is 4.96. The molecule has 19 heavy (non-hydrogen) atoms. The summed E-state index contributed by atoms with van der Waals surface area (Å²) in [5.74, 6) is 0.853. The minimum atomic E-state index is -0.146. The normalized spacial score (nSPS) is 13.4. The van der Waals surface area contributed by atoms with Crippen LogP contribution in [0.1, 0.15) is 37.5 Å². The molecule has 0 saturated carbocycles. The SMILES string of the molecule is Cc1ccnc2c1nc(C(C)Cl)n2CCOC(C)C. The molecule has 2 aromatic heterocycles. The first-order valence-electron chi connectivity index (χ1n) is 6.58. The summed E-state index contributed by atoms with van der Waals surface area (Å²) in [6.45, 7) is 9.37. The summed E-state index contributed by atoms with van der Waals surface area (Å²) in [6, 6.07) is 1.97. The maximum absolute atomic E-state index is 6.22. The molecule has 0 aromatic carbocycles. The van der Waals surface area contributed by atoms with E-state index in [1.807, 2.05) is 40.0 Å². The predicted molar refractivity (Wildman–Crippen MR) is 77.6 cm³/mol. The third-order valence-electron chi connectivity index (χ3n) is 2.99. The fourth-order valence-electron chi connectivity index (χ4n) is 2.06. The summed E-state index contributed by atoms with van der Waals surface area (Å²) in [5.41, 5.74) is 2.93. The van der Waals surface area contributed by atoms with Crippen molar-refractivity contribution in [3.63, 3.8) is 0 Å². The lowest BCUT2D eigenvalue weighted by Crippen LogP contribution is -2.13. The summed E-state index contributed by atoms with van der Waals surface area (Å²) in [5, 5.41) is -0.146. The van der Waals surface area contributed by atoms with Crippen LogP contribution in [-0.2, 0) is 11.3 Å². The van der Waals surface area contributed by atoms with E-state index in [9.17, 15) is 0 Å². The molecule has 0 N–H and O–H groups in total. The number of hydrogen-bond acceptors (Lipinski definition) is 3. The third-order valence-corrected chi connectivity index (χ3v) is 3.18. The van der Waals surface area contributed by atoms with Crippen molar-refractivity contribution in [1.82, 2.24) is 14.5 Å². The molecule has 4 nitrogen and oxygen atoms in total. The van der Waals surface area contributed by atoms with Gasteiger partial charge < -0.3 is 9.30 Å². The van der Waals surface area contributed by atoms with E-state index in [2.05, 4.69) is 14.5 Å². The fraction of sp³-hybridized carbons (Fsp3) is 0.571. The molecule has 0 aliphatic rings. The van der Waals surface area contributed by atoms with Crippen molar-refractivity contribution >= 4 is 22.8 Å². The molecule has 0 radical (unpaired) electrons. The molecule has 0 bridgehead atoms. The lowest BCUT2D eigenvalue weighted by Gasteiger charge is -2.12. The topological polar surface area (TPSA) is 39.9 Å². The largest absolute Gasteiger partial charge is 0.377 e. The van der Waals surface area contributed by atoms with Crippen LogP contribution in [0.3, 0.4) is 0 Å². The molecular formula is C14H20ClN3O. The van der Waals surface area contributed by atoms with Crippen LogP contribution in [0.15, 0.2) is 12.3 Å². The average Bonchev–Trinajstić information content (AvgIpc) is 2.70. The van der Waals surface area contributed by atoms with Gasteiger partial charge in [0.15, 0.2) is 5.65 Å². The molecule has 0 amide bonds. The van der Waals surface area contributed by atoms with Gasteiger partial charge in [-0.25, -0.2) is 9.97 Å². The maximum atomic E-state index is 6.22. The Kier molecular flexibility index (Phi) is 4.42. The molecule has 0 fully saturated rings. The zero-order valence-electron chi connectivity index (χ0n) is 11.9. The molecule has 2 rings (SSSR count). The molecule has 5 heteroatoms. The molecule has 2 heterocycles. The van der Waals surface area contributed by atoms with Gasteiger partial charge >= 0.3 is 0 Å². The van der Waals surface area contributed by atoms with Crippen molar-refractivity contribution in [3.05, 3.63) is 23.7 Å². The van der Waals surface area contributed by atoms with Gasteiger partial charge in [0.25, 0.3) is 0 Å². The second-order valence-corrected chi connectivity index (χ2v) is 5.61. The summed E-state index contributed by atoms with van der Waals surface area (Å²) < 4.78 is 7.67. The van der Waals surface area contributed by atoms with Crippen LogP contribution in [0.2, 0.25) is 0 Å². The Morgan fingerprint density at radius 3 is 2.74 bits per heavy atom. The highest BCUT2D eigenvalue weighted by Crippen LogP contribution is 2.24. The van der Waals surface area contributed by atoms with Crippen LogP contribution in [0.5, 0.6) is 0 Å². The molecule has 0 spiro atoms. The monoisotopic (exact) mass is 281 g/mol. The van der Waals surface area contributed by atoms with Crippen LogP contribution in [0, 0.1) is 6.92 Å². The molecule has 0 aliphatic carbocycles. The number of alkyl halides is 1. The van der Waals surface area contributed by atoms with Gasteiger partial charge in [-0.3, -0.25) is 0 Å². The Morgan fingerprint density at radius 1 is 1.37 bits per heavy atom. The number of pyridine rings is 1. The smallest absolute Gasteiger partial charge is 0.160 e. The number of fused-ring (bicyclic) bond motifs is 1. The molecule has 104 valence electrons. The number of ether oxygens (including phenoxy) is 1. The number of rotatable bonds is 5. The van der Waals surface area contributed by atoms with E-state index in [1.54, 1.807) is 0 Å². The first-order chi connectivity index (χ1) is 9.00. The third kappa shape index (κ3) is 3.07. The number of aromatic nitrogens is 3. The van der Waals surface area contributed by atoms with Crippen molar-refractivity contribution < 1.29 is 4.74 Å².